The SMILES string of the molecule is C=[PH](CC)CCNC(=O)OC/C(C)=C/CCC. The third-order valence-corrected chi connectivity index (χ3v) is 4.42. The minimum Gasteiger partial charge on any atom is -0.445 e. The zero-order valence-corrected chi connectivity index (χ0v) is 12.3. The summed E-state index contributed by atoms with van der Waals surface area (Å²) in [6, 6.07) is 0. The molecule has 4 heteroatoms. The number of hydrogen-bond donors (Lipinski definition) is 1. The highest BCUT2D eigenvalue weighted by Crippen LogP contribution is 2.16. The van der Waals surface area contributed by atoms with Crippen LogP contribution in [0.3, 0.4) is 0 Å². The molecule has 1 unspecified atom stereocenters. The van der Waals surface area contributed by atoms with Crippen LogP contribution in [-0.2, 0) is 4.74 Å². The highest BCUT2D eigenvalue weighted by molar-refractivity contribution is 7.55. The second kappa shape index (κ2) is 10.5. The number of rotatable bonds is 8. The minimum absolute atomic E-state index is 0.319. The summed E-state index contributed by atoms with van der Waals surface area (Å²) in [6.45, 7) is 7.33. The first-order valence-electron chi connectivity index (χ1n) is 6.33. The average Bonchev–Trinajstić information content (AvgIpc) is 2.33. The van der Waals surface area contributed by atoms with E-state index in [2.05, 4.69) is 31.5 Å². The van der Waals surface area contributed by atoms with E-state index in [0.29, 0.717) is 13.2 Å². The van der Waals surface area contributed by atoms with Crippen molar-refractivity contribution in [2.45, 2.75) is 33.6 Å². The monoisotopic (exact) mass is 259 g/mol. The maximum atomic E-state index is 11.3. The predicted molar refractivity (Wildman–Crippen MR) is 78.9 cm³/mol. The zero-order valence-electron chi connectivity index (χ0n) is 11.3. The molecule has 0 aromatic heterocycles. The number of allylic oxidation sites excluding steroid dienone is 1. The lowest BCUT2D eigenvalue weighted by Gasteiger charge is -2.08. The molecule has 0 saturated carbocycles. The van der Waals surface area contributed by atoms with Crippen molar-refractivity contribution in [3.63, 3.8) is 0 Å². The van der Waals surface area contributed by atoms with Gasteiger partial charge in [0.15, 0.2) is 0 Å². The molecule has 0 saturated heterocycles. The van der Waals surface area contributed by atoms with Gasteiger partial charge in [-0.2, -0.15) is 0 Å². The molecule has 0 heterocycles. The van der Waals surface area contributed by atoms with Gasteiger partial charge in [-0.15, -0.1) is 13.8 Å². The summed E-state index contributed by atoms with van der Waals surface area (Å²) in [5.74, 6) is 0. The lowest BCUT2D eigenvalue weighted by atomic mass is 10.2. The van der Waals surface area contributed by atoms with Gasteiger partial charge in [0, 0.05) is 6.54 Å². The summed E-state index contributed by atoms with van der Waals surface area (Å²) in [6.07, 6.45) is 10.2. The average molecular weight is 259 g/mol. The summed E-state index contributed by atoms with van der Waals surface area (Å²) in [7, 11) is -0.499. The van der Waals surface area contributed by atoms with Gasteiger partial charge in [-0.1, -0.05) is 26.3 Å². The summed E-state index contributed by atoms with van der Waals surface area (Å²) >= 11 is 0. The molecular weight excluding hydrogens is 233 g/mol. The van der Waals surface area contributed by atoms with E-state index in [9.17, 15) is 4.79 Å². The van der Waals surface area contributed by atoms with Crippen LogP contribution in [0.25, 0.3) is 0 Å². The van der Waals surface area contributed by atoms with Crippen molar-refractivity contribution in [2.75, 3.05) is 25.5 Å². The first-order chi connectivity index (χ1) is 8.10. The van der Waals surface area contributed by atoms with Gasteiger partial charge in [0.25, 0.3) is 0 Å². The van der Waals surface area contributed by atoms with Crippen molar-refractivity contribution in [3.8, 4) is 0 Å². The molecule has 1 atom stereocenters. The van der Waals surface area contributed by atoms with Crippen molar-refractivity contribution >= 4 is 19.9 Å². The molecule has 1 N–H and O–H groups in total. The largest absolute Gasteiger partial charge is 0.445 e. The van der Waals surface area contributed by atoms with E-state index in [1.807, 2.05) is 6.92 Å². The maximum absolute atomic E-state index is 11.3. The van der Waals surface area contributed by atoms with Crippen LogP contribution < -0.4 is 5.32 Å². The molecule has 1 amide bonds. The molecule has 0 aliphatic heterocycles. The van der Waals surface area contributed by atoms with Gasteiger partial charge in [-0.05, 0) is 31.2 Å². The number of unbranched alkanes of at least 4 members (excludes halogenated alkanes) is 1. The molecule has 0 radical (unpaired) electrons. The summed E-state index contributed by atoms with van der Waals surface area (Å²) in [4.78, 5) is 11.3. The molecular formula is C13H26NO2P. The summed E-state index contributed by atoms with van der Waals surface area (Å²) in [5, 5.41) is 2.76. The molecule has 0 fully saturated rings. The Hall–Kier alpha value is -0.690. The molecule has 0 aromatic carbocycles. The van der Waals surface area contributed by atoms with E-state index < -0.39 is 7.55 Å². The van der Waals surface area contributed by atoms with Crippen LogP contribution in [0.1, 0.15) is 33.6 Å². The molecule has 0 aliphatic rings. The number of amides is 1. The zero-order chi connectivity index (χ0) is 13.1. The Morgan fingerprint density at radius 2 is 2.18 bits per heavy atom. The van der Waals surface area contributed by atoms with Crippen molar-refractivity contribution in [1.29, 1.82) is 0 Å². The summed E-state index contributed by atoms with van der Waals surface area (Å²) in [5.41, 5.74) is 1.11. The fraction of sp³-hybridized carbons (Fsp3) is 0.692. The highest BCUT2D eigenvalue weighted by atomic mass is 31.1. The Morgan fingerprint density at radius 1 is 1.47 bits per heavy atom. The third-order valence-electron chi connectivity index (χ3n) is 2.46. The molecule has 0 aliphatic carbocycles. The molecule has 0 aromatic rings. The van der Waals surface area contributed by atoms with Gasteiger partial charge in [0.05, 0.1) is 0 Å². The van der Waals surface area contributed by atoms with Gasteiger partial charge in [0.2, 0.25) is 0 Å². The Labute approximate surface area is 106 Å². The molecule has 100 valence electrons. The van der Waals surface area contributed by atoms with Gasteiger partial charge < -0.3 is 10.1 Å². The van der Waals surface area contributed by atoms with Crippen LogP contribution in [-0.4, -0.2) is 37.9 Å². The second-order valence-electron chi connectivity index (χ2n) is 4.20. The van der Waals surface area contributed by atoms with E-state index in [1.54, 1.807) is 0 Å². The van der Waals surface area contributed by atoms with E-state index in [4.69, 9.17) is 4.74 Å². The molecule has 0 bridgehead atoms. The van der Waals surface area contributed by atoms with E-state index in [-0.39, 0.29) is 6.09 Å². The Bertz CT molecular complexity index is 275. The van der Waals surface area contributed by atoms with Crippen LogP contribution in [0, 0.1) is 0 Å². The van der Waals surface area contributed by atoms with Crippen LogP contribution in [0.4, 0.5) is 4.79 Å². The van der Waals surface area contributed by atoms with Crippen LogP contribution in [0.15, 0.2) is 11.6 Å². The number of carbonyl (C=O) groups excluding carboxylic acids is 1. The number of nitrogens with one attached hydrogen (secondary N) is 1. The molecule has 3 nitrogen and oxygen atoms in total. The lowest BCUT2D eigenvalue weighted by molar-refractivity contribution is 0.156. The topological polar surface area (TPSA) is 38.3 Å². The fourth-order valence-corrected chi connectivity index (χ4v) is 2.03. The van der Waals surface area contributed by atoms with Gasteiger partial charge in [-0.3, -0.25) is 0 Å². The first-order valence-corrected chi connectivity index (χ1v) is 8.45. The predicted octanol–water partition coefficient (Wildman–Crippen LogP) is 3.13. The fourth-order valence-electron chi connectivity index (χ4n) is 1.20. The lowest BCUT2D eigenvalue weighted by Crippen LogP contribution is -2.27. The first kappa shape index (κ1) is 16.3. The van der Waals surface area contributed by atoms with Crippen LogP contribution in [0.5, 0.6) is 0 Å². The number of ether oxygens (including phenoxy) is 1. The van der Waals surface area contributed by atoms with Crippen molar-refractivity contribution in [3.05, 3.63) is 11.6 Å². The van der Waals surface area contributed by atoms with Crippen molar-refractivity contribution < 1.29 is 9.53 Å². The standard InChI is InChI=1S/C13H26NO2P/c1-5-7-8-12(3)11-16-13(15)14-9-10-17(4)6-2/h8,17H,4-7,9-11H2,1-3H3,(H,14,15)/b12-8+. The Balaban J connectivity index is 3.62. The van der Waals surface area contributed by atoms with Gasteiger partial charge >= 0.3 is 6.09 Å². The van der Waals surface area contributed by atoms with E-state index in [1.165, 1.54) is 0 Å². The number of carbonyl (C=O) groups is 1. The van der Waals surface area contributed by atoms with E-state index >= 15 is 0 Å². The Morgan fingerprint density at radius 3 is 2.76 bits per heavy atom. The van der Waals surface area contributed by atoms with E-state index in [0.717, 1.165) is 30.7 Å². The molecule has 17 heavy (non-hydrogen) atoms. The summed E-state index contributed by atoms with van der Waals surface area (Å²) < 4.78 is 5.09. The number of hydrogen-bond acceptors (Lipinski definition) is 2. The van der Waals surface area contributed by atoms with Crippen molar-refractivity contribution in [1.82, 2.24) is 5.32 Å². The number of alkyl carbamates (subject to hydrolysis) is 1. The smallest absolute Gasteiger partial charge is 0.407 e. The molecule has 0 spiro atoms. The normalized spacial score (nSPS) is 13.2. The van der Waals surface area contributed by atoms with Crippen molar-refractivity contribution in [2.24, 2.45) is 0 Å². The maximum Gasteiger partial charge on any atom is 0.407 e. The quantitative estimate of drug-likeness (QED) is 0.537. The van der Waals surface area contributed by atoms with Gasteiger partial charge in [0.1, 0.15) is 6.61 Å². The van der Waals surface area contributed by atoms with Crippen LogP contribution in [0.2, 0.25) is 0 Å². The third kappa shape index (κ3) is 10.2. The minimum atomic E-state index is -0.499. The Kier molecular flexibility index (Phi) is 10.0. The second-order valence-corrected chi connectivity index (χ2v) is 6.90. The highest BCUT2D eigenvalue weighted by Gasteiger charge is 2.01. The van der Waals surface area contributed by atoms with Crippen LogP contribution >= 0.6 is 7.55 Å². The van der Waals surface area contributed by atoms with Gasteiger partial charge in [-0.25, -0.2) is 4.79 Å². The molecule has 0 rings (SSSR count).